The molecule has 0 fully saturated rings. The van der Waals surface area contributed by atoms with Gasteiger partial charge < -0.3 is 18.9 Å². The summed E-state index contributed by atoms with van der Waals surface area (Å²) in [5, 5.41) is 0. The summed E-state index contributed by atoms with van der Waals surface area (Å²) in [5.74, 6) is 0.616. The molecule has 2 aromatic rings. The Bertz CT molecular complexity index is 861. The topological polar surface area (TPSA) is 71.1 Å². The van der Waals surface area contributed by atoms with E-state index in [1.807, 2.05) is 12.2 Å². The van der Waals surface area contributed by atoms with Gasteiger partial charge in [-0.15, -0.1) is 0 Å². The van der Waals surface area contributed by atoms with Gasteiger partial charge >= 0.3 is 11.9 Å². The zero-order valence-corrected chi connectivity index (χ0v) is 18.8. The molecular weight excluding hydrogens is 496 g/mol. The molecule has 2 rings (SSSR count). The Morgan fingerprint density at radius 3 is 1.39 bits per heavy atom. The van der Waals surface area contributed by atoms with E-state index in [-0.39, 0.29) is 0 Å². The largest absolute Gasteiger partial charge is 0.493 e. The molecule has 0 saturated heterocycles. The molecule has 8 heteroatoms. The van der Waals surface area contributed by atoms with Gasteiger partial charge in [0.25, 0.3) is 0 Å². The van der Waals surface area contributed by atoms with Crippen LogP contribution in [0.2, 0.25) is 0 Å². The molecule has 0 saturated carbocycles. The Balaban J connectivity index is 2.38. The maximum Gasteiger partial charge on any atom is 0.308 e. The van der Waals surface area contributed by atoms with Crippen LogP contribution in [0.25, 0.3) is 12.2 Å². The first-order chi connectivity index (χ1) is 13.2. The van der Waals surface area contributed by atoms with Gasteiger partial charge in [0.1, 0.15) is 0 Å². The Kier molecular flexibility index (Phi) is 7.65. The second-order valence-corrected chi connectivity index (χ2v) is 7.30. The van der Waals surface area contributed by atoms with Crippen LogP contribution in [0.5, 0.6) is 23.0 Å². The number of esters is 2. The van der Waals surface area contributed by atoms with E-state index in [1.54, 1.807) is 24.3 Å². The summed E-state index contributed by atoms with van der Waals surface area (Å²) in [6, 6.07) is 7.10. The van der Waals surface area contributed by atoms with Crippen LogP contribution in [-0.4, -0.2) is 26.2 Å². The molecule has 0 aliphatic carbocycles. The first kappa shape index (κ1) is 22.0. The van der Waals surface area contributed by atoms with Crippen molar-refractivity contribution < 1.29 is 28.5 Å². The molecule has 148 valence electrons. The normalized spacial score (nSPS) is 10.6. The van der Waals surface area contributed by atoms with E-state index in [0.717, 1.165) is 11.1 Å². The minimum atomic E-state index is -0.438. The standard InChI is InChI=1S/C20H18Br2O6/c1-11(23)27-19-15(21)7-13(9-17(19)25-3)5-6-14-8-16(22)20(28-12(2)24)18(10-14)26-4/h5-10H,1-4H3/b6-5+. The fourth-order valence-electron chi connectivity index (χ4n) is 2.35. The first-order valence-corrected chi connectivity index (χ1v) is 9.63. The zero-order chi connectivity index (χ0) is 20.8. The van der Waals surface area contributed by atoms with E-state index in [9.17, 15) is 9.59 Å². The average Bonchev–Trinajstić information content (AvgIpc) is 2.62. The van der Waals surface area contributed by atoms with Crippen LogP contribution in [0.1, 0.15) is 25.0 Å². The quantitative estimate of drug-likeness (QED) is 0.298. The molecule has 0 aliphatic rings. The highest BCUT2D eigenvalue weighted by Crippen LogP contribution is 2.39. The second kappa shape index (κ2) is 9.75. The van der Waals surface area contributed by atoms with Crippen molar-refractivity contribution in [3.63, 3.8) is 0 Å². The fourth-order valence-corrected chi connectivity index (χ4v) is 3.43. The first-order valence-electron chi connectivity index (χ1n) is 8.05. The molecule has 0 spiro atoms. The van der Waals surface area contributed by atoms with Crippen LogP contribution in [0, 0.1) is 0 Å². The minimum Gasteiger partial charge on any atom is -0.493 e. The second-order valence-electron chi connectivity index (χ2n) is 5.59. The van der Waals surface area contributed by atoms with Crippen LogP contribution in [0.3, 0.4) is 0 Å². The van der Waals surface area contributed by atoms with Crippen LogP contribution in [-0.2, 0) is 9.59 Å². The van der Waals surface area contributed by atoms with E-state index in [4.69, 9.17) is 18.9 Å². The number of hydrogen-bond donors (Lipinski definition) is 0. The molecule has 0 N–H and O–H groups in total. The summed E-state index contributed by atoms with van der Waals surface area (Å²) in [7, 11) is 3.00. The number of ether oxygens (including phenoxy) is 4. The van der Waals surface area contributed by atoms with Gasteiger partial charge in [0.15, 0.2) is 23.0 Å². The Labute approximate surface area is 179 Å². The van der Waals surface area contributed by atoms with Gasteiger partial charge in [0.05, 0.1) is 23.2 Å². The lowest BCUT2D eigenvalue weighted by Gasteiger charge is -2.12. The highest BCUT2D eigenvalue weighted by atomic mass is 79.9. The number of carbonyl (C=O) groups is 2. The molecule has 0 amide bonds. The van der Waals surface area contributed by atoms with Crippen molar-refractivity contribution >= 4 is 56.0 Å². The highest BCUT2D eigenvalue weighted by molar-refractivity contribution is 9.11. The zero-order valence-electron chi connectivity index (χ0n) is 15.7. The predicted molar refractivity (Wildman–Crippen MR) is 113 cm³/mol. The summed E-state index contributed by atoms with van der Waals surface area (Å²) < 4.78 is 22.2. The van der Waals surface area contributed by atoms with Crippen molar-refractivity contribution in [1.82, 2.24) is 0 Å². The maximum absolute atomic E-state index is 11.3. The summed E-state index contributed by atoms with van der Waals surface area (Å²) >= 11 is 6.79. The smallest absolute Gasteiger partial charge is 0.308 e. The predicted octanol–water partition coefficient (Wildman–Crippen LogP) is 5.25. The van der Waals surface area contributed by atoms with Crippen LogP contribution in [0.15, 0.2) is 33.2 Å². The van der Waals surface area contributed by atoms with E-state index in [2.05, 4.69) is 31.9 Å². The molecule has 28 heavy (non-hydrogen) atoms. The van der Waals surface area contributed by atoms with Gasteiger partial charge in [-0.1, -0.05) is 12.2 Å². The lowest BCUT2D eigenvalue weighted by atomic mass is 10.1. The van der Waals surface area contributed by atoms with Crippen LogP contribution in [0.4, 0.5) is 0 Å². The van der Waals surface area contributed by atoms with Crippen molar-refractivity contribution in [2.75, 3.05) is 14.2 Å². The molecule has 0 aliphatic heterocycles. The van der Waals surface area contributed by atoms with Gasteiger partial charge in [-0.25, -0.2) is 0 Å². The molecule has 0 atom stereocenters. The van der Waals surface area contributed by atoms with E-state index >= 15 is 0 Å². The third kappa shape index (κ3) is 5.59. The van der Waals surface area contributed by atoms with Crippen molar-refractivity contribution in [3.05, 3.63) is 44.3 Å². The molecule has 6 nitrogen and oxygen atoms in total. The summed E-state index contributed by atoms with van der Waals surface area (Å²) in [4.78, 5) is 22.5. The molecular formula is C20H18Br2O6. The Morgan fingerprint density at radius 1 is 0.750 bits per heavy atom. The van der Waals surface area contributed by atoms with Crippen molar-refractivity contribution in [2.24, 2.45) is 0 Å². The number of rotatable bonds is 6. The van der Waals surface area contributed by atoms with Crippen molar-refractivity contribution in [1.29, 1.82) is 0 Å². The fraction of sp³-hybridized carbons (Fsp3) is 0.200. The van der Waals surface area contributed by atoms with E-state index < -0.39 is 11.9 Å². The maximum atomic E-state index is 11.3. The van der Waals surface area contributed by atoms with Crippen LogP contribution >= 0.6 is 31.9 Å². The van der Waals surface area contributed by atoms with Gasteiger partial charge in [-0.05, 0) is 67.3 Å². The highest BCUT2D eigenvalue weighted by Gasteiger charge is 2.14. The number of halogens is 2. The monoisotopic (exact) mass is 512 g/mol. The Morgan fingerprint density at radius 2 is 1.11 bits per heavy atom. The number of hydrogen-bond acceptors (Lipinski definition) is 6. The van der Waals surface area contributed by atoms with E-state index in [1.165, 1.54) is 28.1 Å². The summed E-state index contributed by atoms with van der Waals surface area (Å²) in [5.41, 5.74) is 1.64. The Hall–Kier alpha value is -2.32. The number of carbonyl (C=O) groups excluding carboxylic acids is 2. The van der Waals surface area contributed by atoms with Gasteiger partial charge in [-0.3, -0.25) is 9.59 Å². The third-order valence-corrected chi connectivity index (χ3v) is 4.64. The summed E-state index contributed by atoms with van der Waals surface area (Å²) in [6.07, 6.45) is 3.72. The van der Waals surface area contributed by atoms with Gasteiger partial charge in [-0.2, -0.15) is 0 Å². The molecule has 0 radical (unpaired) electrons. The van der Waals surface area contributed by atoms with Crippen molar-refractivity contribution in [2.45, 2.75) is 13.8 Å². The molecule has 0 bridgehead atoms. The molecule has 0 unspecified atom stereocenters. The molecule has 0 heterocycles. The molecule has 2 aromatic carbocycles. The third-order valence-electron chi connectivity index (χ3n) is 3.46. The lowest BCUT2D eigenvalue weighted by Crippen LogP contribution is -2.04. The molecule has 0 aromatic heterocycles. The van der Waals surface area contributed by atoms with Gasteiger partial charge in [0.2, 0.25) is 0 Å². The van der Waals surface area contributed by atoms with Crippen molar-refractivity contribution in [3.8, 4) is 23.0 Å². The van der Waals surface area contributed by atoms with Crippen LogP contribution < -0.4 is 18.9 Å². The minimum absolute atomic E-state index is 0.322. The number of methoxy groups -OCH3 is 2. The number of benzene rings is 2. The summed E-state index contributed by atoms with van der Waals surface area (Å²) in [6.45, 7) is 2.65. The van der Waals surface area contributed by atoms with E-state index in [0.29, 0.717) is 31.9 Å². The SMILES string of the molecule is COc1cc(/C=C/c2cc(Br)c(OC(C)=O)c(OC)c2)cc(Br)c1OC(C)=O. The lowest BCUT2D eigenvalue weighted by molar-refractivity contribution is -0.133. The van der Waals surface area contributed by atoms with Gasteiger partial charge in [0, 0.05) is 13.8 Å². The average molecular weight is 514 g/mol.